The minimum absolute atomic E-state index is 0.164. The Labute approximate surface area is 210 Å². The fourth-order valence-electron chi connectivity index (χ4n) is 4.10. The maximum Gasteiger partial charge on any atom is 0.409 e. The Kier molecular flexibility index (Phi) is 7.85. The predicted octanol–water partition coefficient (Wildman–Crippen LogP) is 3.92. The van der Waals surface area contributed by atoms with Gasteiger partial charge in [-0.05, 0) is 53.6 Å². The molecule has 186 valence electrons. The lowest BCUT2D eigenvalue weighted by Crippen LogP contribution is -2.52. The first-order valence-corrected chi connectivity index (χ1v) is 11.9. The predicted molar refractivity (Wildman–Crippen MR) is 138 cm³/mol. The standard InChI is InChI=1S/C28H29N3O5/c1-3-36-28(34)31-17-15-30(16-18-31)27(33)25(29-26(32)21-11-13-23(35-2)14-12-21)19-22-9-6-8-20-7-4-5-10-24(20)22/h4-14,19H,3,15-18H2,1-2H3,(H,29,32). The molecular formula is C28H29N3O5. The van der Waals surface area contributed by atoms with E-state index in [0.717, 1.165) is 16.3 Å². The van der Waals surface area contributed by atoms with Crippen molar-refractivity contribution in [2.75, 3.05) is 39.9 Å². The van der Waals surface area contributed by atoms with Gasteiger partial charge in [0.2, 0.25) is 0 Å². The van der Waals surface area contributed by atoms with Crippen LogP contribution in [0.2, 0.25) is 0 Å². The lowest BCUT2D eigenvalue weighted by atomic mass is 10.0. The van der Waals surface area contributed by atoms with E-state index in [0.29, 0.717) is 44.1 Å². The number of piperazine rings is 1. The number of hydrogen-bond donors (Lipinski definition) is 1. The summed E-state index contributed by atoms with van der Waals surface area (Å²) < 4.78 is 10.2. The molecule has 36 heavy (non-hydrogen) atoms. The molecule has 1 aliphatic heterocycles. The van der Waals surface area contributed by atoms with E-state index in [2.05, 4.69) is 5.32 Å². The van der Waals surface area contributed by atoms with Crippen LogP contribution in [0, 0.1) is 0 Å². The lowest BCUT2D eigenvalue weighted by Gasteiger charge is -2.34. The van der Waals surface area contributed by atoms with E-state index in [4.69, 9.17) is 9.47 Å². The van der Waals surface area contributed by atoms with E-state index in [1.165, 1.54) is 0 Å². The molecule has 0 atom stereocenters. The van der Waals surface area contributed by atoms with Gasteiger partial charge in [-0.2, -0.15) is 0 Å². The Balaban J connectivity index is 1.61. The fourth-order valence-corrected chi connectivity index (χ4v) is 4.10. The summed E-state index contributed by atoms with van der Waals surface area (Å²) in [7, 11) is 1.56. The highest BCUT2D eigenvalue weighted by Crippen LogP contribution is 2.22. The van der Waals surface area contributed by atoms with Gasteiger partial charge in [0.1, 0.15) is 11.4 Å². The van der Waals surface area contributed by atoms with Gasteiger partial charge in [-0.25, -0.2) is 4.79 Å². The highest BCUT2D eigenvalue weighted by molar-refractivity contribution is 6.06. The Bertz CT molecular complexity index is 1270. The van der Waals surface area contributed by atoms with Crippen LogP contribution in [0.4, 0.5) is 4.79 Å². The summed E-state index contributed by atoms with van der Waals surface area (Å²) in [5.74, 6) is -0.0791. The molecule has 1 N–H and O–H groups in total. The largest absolute Gasteiger partial charge is 0.497 e. The monoisotopic (exact) mass is 487 g/mol. The fraction of sp³-hybridized carbons (Fsp3) is 0.250. The van der Waals surface area contributed by atoms with Gasteiger partial charge in [0.15, 0.2) is 0 Å². The van der Waals surface area contributed by atoms with E-state index >= 15 is 0 Å². The number of ether oxygens (including phenoxy) is 2. The summed E-state index contributed by atoms with van der Waals surface area (Å²) >= 11 is 0. The maximum absolute atomic E-state index is 13.6. The van der Waals surface area contributed by atoms with Crippen molar-refractivity contribution in [2.45, 2.75) is 6.92 Å². The van der Waals surface area contributed by atoms with Crippen molar-refractivity contribution in [3.8, 4) is 5.75 Å². The number of nitrogens with one attached hydrogen (secondary N) is 1. The number of nitrogens with zero attached hydrogens (tertiary/aromatic N) is 2. The van der Waals surface area contributed by atoms with E-state index < -0.39 is 5.91 Å². The number of amides is 3. The molecule has 1 aliphatic rings. The Morgan fingerprint density at radius 2 is 1.56 bits per heavy atom. The van der Waals surface area contributed by atoms with Crippen LogP contribution < -0.4 is 10.1 Å². The molecule has 0 aromatic heterocycles. The number of fused-ring (bicyclic) bond motifs is 1. The summed E-state index contributed by atoms with van der Waals surface area (Å²) in [6.45, 7) is 3.45. The van der Waals surface area contributed by atoms with E-state index in [1.807, 2.05) is 42.5 Å². The number of rotatable bonds is 6. The van der Waals surface area contributed by atoms with Crippen LogP contribution in [0.1, 0.15) is 22.8 Å². The molecule has 0 spiro atoms. The first-order valence-electron chi connectivity index (χ1n) is 11.9. The van der Waals surface area contributed by atoms with Crippen molar-refractivity contribution in [2.24, 2.45) is 0 Å². The summed E-state index contributed by atoms with van der Waals surface area (Å²) in [5.41, 5.74) is 1.38. The summed E-state index contributed by atoms with van der Waals surface area (Å²) in [6.07, 6.45) is 1.33. The second-order valence-electron chi connectivity index (χ2n) is 8.29. The smallest absolute Gasteiger partial charge is 0.409 e. The summed E-state index contributed by atoms with van der Waals surface area (Å²) in [4.78, 5) is 41.9. The number of hydrogen-bond acceptors (Lipinski definition) is 5. The van der Waals surface area contributed by atoms with Crippen LogP contribution in [-0.2, 0) is 9.53 Å². The molecule has 3 amide bonds. The van der Waals surface area contributed by atoms with Crippen molar-refractivity contribution < 1.29 is 23.9 Å². The van der Waals surface area contributed by atoms with Crippen LogP contribution in [0.15, 0.2) is 72.4 Å². The second-order valence-corrected chi connectivity index (χ2v) is 8.29. The van der Waals surface area contributed by atoms with Gasteiger partial charge < -0.3 is 24.6 Å². The van der Waals surface area contributed by atoms with Crippen LogP contribution >= 0.6 is 0 Å². The Hall–Kier alpha value is -4.33. The average molecular weight is 488 g/mol. The van der Waals surface area contributed by atoms with Crippen LogP contribution in [0.3, 0.4) is 0 Å². The third kappa shape index (κ3) is 5.66. The molecule has 0 radical (unpaired) electrons. The number of methoxy groups -OCH3 is 1. The molecule has 0 bridgehead atoms. The van der Waals surface area contributed by atoms with E-state index in [9.17, 15) is 14.4 Å². The number of carbonyl (C=O) groups is 3. The Morgan fingerprint density at radius 1 is 0.889 bits per heavy atom. The highest BCUT2D eigenvalue weighted by Gasteiger charge is 2.27. The molecule has 8 nitrogen and oxygen atoms in total. The molecule has 0 unspecified atom stereocenters. The van der Waals surface area contributed by atoms with E-state index in [1.54, 1.807) is 54.2 Å². The number of benzene rings is 3. The third-order valence-electron chi connectivity index (χ3n) is 6.05. The quantitative estimate of drug-likeness (QED) is 0.533. The Morgan fingerprint density at radius 3 is 2.25 bits per heavy atom. The highest BCUT2D eigenvalue weighted by atomic mass is 16.6. The molecular weight excluding hydrogens is 458 g/mol. The first kappa shape index (κ1) is 24.8. The topological polar surface area (TPSA) is 88.2 Å². The molecule has 0 saturated carbocycles. The van der Waals surface area contributed by atoms with Gasteiger partial charge >= 0.3 is 6.09 Å². The molecule has 8 heteroatoms. The van der Waals surface area contributed by atoms with Crippen LogP contribution in [0.5, 0.6) is 5.75 Å². The second kappa shape index (κ2) is 11.4. The van der Waals surface area contributed by atoms with Gasteiger partial charge in [-0.15, -0.1) is 0 Å². The normalized spacial score (nSPS) is 13.9. The van der Waals surface area contributed by atoms with E-state index in [-0.39, 0.29) is 17.7 Å². The molecule has 4 rings (SSSR count). The summed E-state index contributed by atoms with van der Waals surface area (Å²) in [6, 6.07) is 20.4. The third-order valence-corrected chi connectivity index (χ3v) is 6.05. The molecule has 1 fully saturated rings. The molecule has 1 saturated heterocycles. The maximum atomic E-state index is 13.6. The van der Waals surface area contributed by atoms with Crippen LogP contribution in [0.25, 0.3) is 16.8 Å². The first-order chi connectivity index (χ1) is 17.5. The molecule has 3 aromatic carbocycles. The van der Waals surface area contributed by atoms with Gasteiger partial charge in [-0.1, -0.05) is 42.5 Å². The lowest BCUT2D eigenvalue weighted by molar-refractivity contribution is -0.128. The van der Waals surface area contributed by atoms with Crippen molar-refractivity contribution in [3.63, 3.8) is 0 Å². The van der Waals surface area contributed by atoms with Crippen molar-refractivity contribution in [1.82, 2.24) is 15.1 Å². The summed E-state index contributed by atoms with van der Waals surface area (Å²) in [5, 5.41) is 4.82. The molecule has 0 aliphatic carbocycles. The van der Waals surface area contributed by atoms with Crippen molar-refractivity contribution in [1.29, 1.82) is 0 Å². The molecule has 1 heterocycles. The van der Waals surface area contributed by atoms with Crippen LogP contribution in [-0.4, -0.2) is 67.6 Å². The van der Waals surface area contributed by atoms with Gasteiger partial charge in [0.25, 0.3) is 11.8 Å². The van der Waals surface area contributed by atoms with Crippen molar-refractivity contribution >= 4 is 34.8 Å². The minimum atomic E-state index is -0.400. The molecule has 3 aromatic rings. The number of carbonyl (C=O) groups excluding carboxylic acids is 3. The van der Waals surface area contributed by atoms with Gasteiger partial charge in [0, 0.05) is 31.7 Å². The van der Waals surface area contributed by atoms with Gasteiger partial charge in [-0.3, -0.25) is 9.59 Å². The average Bonchev–Trinajstić information content (AvgIpc) is 2.92. The zero-order valence-electron chi connectivity index (χ0n) is 20.4. The van der Waals surface area contributed by atoms with Gasteiger partial charge in [0.05, 0.1) is 13.7 Å². The van der Waals surface area contributed by atoms with Crippen molar-refractivity contribution in [3.05, 3.63) is 83.6 Å². The zero-order valence-corrected chi connectivity index (χ0v) is 20.4. The minimum Gasteiger partial charge on any atom is -0.497 e. The SMILES string of the molecule is CCOC(=O)N1CCN(C(=O)C(=Cc2cccc3ccccc23)NC(=O)c2ccc(OC)cc2)CC1. The zero-order chi connectivity index (χ0) is 25.5.